The van der Waals surface area contributed by atoms with E-state index in [4.69, 9.17) is 24.1 Å². The molecule has 2 aliphatic heterocycles. The fourth-order valence-corrected chi connectivity index (χ4v) is 2.67. The Morgan fingerprint density at radius 2 is 1.50 bits per heavy atom. The summed E-state index contributed by atoms with van der Waals surface area (Å²) in [4.78, 5) is 0. The van der Waals surface area contributed by atoms with Gasteiger partial charge in [-0.3, -0.25) is 0 Å². The highest BCUT2D eigenvalue weighted by atomic mass is 16.7. The lowest BCUT2D eigenvalue weighted by Crippen LogP contribution is -2.59. The Balaban J connectivity index is 1.93. The van der Waals surface area contributed by atoms with Crippen LogP contribution in [0.3, 0.4) is 0 Å². The molecule has 2 fully saturated rings. The van der Waals surface area contributed by atoms with E-state index in [1.54, 1.807) is 0 Å². The molecule has 24 heavy (non-hydrogen) atoms. The Labute approximate surface area is 137 Å². The van der Waals surface area contributed by atoms with Crippen molar-refractivity contribution in [2.75, 3.05) is 20.3 Å². The third-order valence-electron chi connectivity index (χ3n) is 4.15. The van der Waals surface area contributed by atoms with Crippen LogP contribution < -0.4 is 0 Å². The first-order valence-electron chi connectivity index (χ1n) is 7.46. The molecule has 0 aromatic rings. The van der Waals surface area contributed by atoms with Gasteiger partial charge in [0.05, 0.1) is 13.2 Å². The number of aliphatic hydroxyl groups excluding tert-OH is 7. The summed E-state index contributed by atoms with van der Waals surface area (Å²) in [5, 5.41) is 67.3. The van der Waals surface area contributed by atoms with Crippen molar-refractivity contribution in [3.05, 3.63) is 0 Å². The van der Waals surface area contributed by atoms with Gasteiger partial charge in [-0.15, -0.1) is 0 Å². The Morgan fingerprint density at radius 3 is 2.08 bits per heavy atom. The third-order valence-corrected chi connectivity index (χ3v) is 4.15. The molecule has 0 aromatic heterocycles. The van der Waals surface area contributed by atoms with Crippen LogP contribution in [0.5, 0.6) is 0 Å². The van der Waals surface area contributed by atoms with Gasteiger partial charge in [-0.25, -0.2) is 0 Å². The predicted molar refractivity (Wildman–Crippen MR) is 73.4 cm³/mol. The van der Waals surface area contributed by atoms with Crippen molar-refractivity contribution in [1.82, 2.24) is 0 Å². The van der Waals surface area contributed by atoms with Crippen molar-refractivity contribution in [3.8, 4) is 0 Å². The Kier molecular flexibility index (Phi) is 6.87. The van der Waals surface area contributed by atoms with E-state index in [0.717, 1.165) is 0 Å². The number of hydrogen-bond donors (Lipinski definition) is 7. The second-order valence-electron chi connectivity index (χ2n) is 5.78. The van der Waals surface area contributed by atoms with Gasteiger partial charge >= 0.3 is 0 Å². The lowest BCUT2D eigenvalue weighted by atomic mass is 9.99. The predicted octanol–water partition coefficient (Wildman–Crippen LogP) is -4.74. The van der Waals surface area contributed by atoms with Gasteiger partial charge in [0.15, 0.2) is 12.6 Å². The van der Waals surface area contributed by atoms with Crippen LogP contribution in [0, 0.1) is 0 Å². The summed E-state index contributed by atoms with van der Waals surface area (Å²) in [6, 6.07) is 0. The minimum Gasteiger partial charge on any atom is -0.394 e. The average molecular weight is 356 g/mol. The average Bonchev–Trinajstić information content (AvgIpc) is 2.87. The van der Waals surface area contributed by atoms with Crippen LogP contribution in [0.4, 0.5) is 0 Å². The quantitative estimate of drug-likeness (QED) is 0.243. The SMILES string of the molecule is CO[C@H]1O[C@H](CO[C@@H]2O[C@@H]([C@H](O)CO)[C@H](O)[C@H]2O)[C@@H](O)[C@H](O)[C@@H]1O. The molecule has 11 heteroatoms. The van der Waals surface area contributed by atoms with Crippen LogP contribution >= 0.6 is 0 Å². The van der Waals surface area contributed by atoms with Crippen LogP contribution in [-0.2, 0) is 18.9 Å². The highest BCUT2D eigenvalue weighted by molar-refractivity contribution is 4.92. The van der Waals surface area contributed by atoms with Gasteiger partial charge in [0.2, 0.25) is 0 Å². The maximum atomic E-state index is 9.89. The zero-order chi connectivity index (χ0) is 18.0. The number of rotatable bonds is 6. The topological polar surface area (TPSA) is 179 Å². The Bertz CT molecular complexity index is 394. The van der Waals surface area contributed by atoms with Gasteiger partial charge in [-0.05, 0) is 0 Å². The summed E-state index contributed by atoms with van der Waals surface area (Å²) >= 11 is 0. The summed E-state index contributed by atoms with van der Waals surface area (Å²) < 4.78 is 20.5. The molecule has 7 N–H and O–H groups in total. The van der Waals surface area contributed by atoms with Gasteiger partial charge in [0.1, 0.15) is 48.8 Å². The third kappa shape index (κ3) is 3.86. The summed E-state index contributed by atoms with van der Waals surface area (Å²) in [6.45, 7) is -1.04. The molecule has 2 rings (SSSR count). The molecule has 0 bridgehead atoms. The van der Waals surface area contributed by atoms with E-state index in [-0.39, 0.29) is 6.61 Å². The molecule has 0 spiro atoms. The van der Waals surface area contributed by atoms with Crippen LogP contribution in [0.1, 0.15) is 0 Å². The zero-order valence-corrected chi connectivity index (χ0v) is 13.0. The molecular formula is C13H24O11. The van der Waals surface area contributed by atoms with Gasteiger partial charge in [-0.2, -0.15) is 0 Å². The maximum absolute atomic E-state index is 9.89. The van der Waals surface area contributed by atoms with E-state index in [1.807, 2.05) is 0 Å². The molecule has 11 nitrogen and oxygen atoms in total. The van der Waals surface area contributed by atoms with E-state index in [9.17, 15) is 30.6 Å². The lowest BCUT2D eigenvalue weighted by molar-refractivity contribution is -0.304. The van der Waals surface area contributed by atoms with E-state index < -0.39 is 68.0 Å². The van der Waals surface area contributed by atoms with E-state index in [0.29, 0.717) is 0 Å². The molecule has 2 aliphatic rings. The first-order chi connectivity index (χ1) is 11.3. The molecule has 0 unspecified atom stereocenters. The largest absolute Gasteiger partial charge is 0.394 e. The molecule has 0 saturated carbocycles. The minimum atomic E-state index is -1.53. The molecule has 0 aromatic carbocycles. The van der Waals surface area contributed by atoms with E-state index in [1.165, 1.54) is 7.11 Å². The van der Waals surface area contributed by atoms with Gasteiger partial charge in [0, 0.05) is 7.11 Å². The van der Waals surface area contributed by atoms with Gasteiger partial charge < -0.3 is 54.7 Å². The molecule has 10 atom stereocenters. The first kappa shape index (κ1) is 19.9. The van der Waals surface area contributed by atoms with Gasteiger partial charge in [0.25, 0.3) is 0 Å². The summed E-state index contributed by atoms with van der Waals surface area (Å²) in [5.74, 6) is 0. The van der Waals surface area contributed by atoms with Crippen molar-refractivity contribution < 1.29 is 54.7 Å². The second-order valence-corrected chi connectivity index (χ2v) is 5.78. The molecule has 0 amide bonds. The summed E-state index contributed by atoms with van der Waals surface area (Å²) in [7, 11) is 1.25. The number of hydrogen-bond acceptors (Lipinski definition) is 11. The van der Waals surface area contributed by atoms with Crippen molar-refractivity contribution >= 4 is 0 Å². The van der Waals surface area contributed by atoms with Crippen LogP contribution in [0.25, 0.3) is 0 Å². The molecule has 2 heterocycles. The fourth-order valence-electron chi connectivity index (χ4n) is 2.67. The monoisotopic (exact) mass is 356 g/mol. The van der Waals surface area contributed by atoms with Crippen LogP contribution in [0.2, 0.25) is 0 Å². The molecular weight excluding hydrogens is 332 g/mol. The van der Waals surface area contributed by atoms with E-state index >= 15 is 0 Å². The van der Waals surface area contributed by atoms with Crippen molar-refractivity contribution in [2.45, 2.75) is 61.4 Å². The molecule has 2 saturated heterocycles. The van der Waals surface area contributed by atoms with Crippen molar-refractivity contribution in [3.63, 3.8) is 0 Å². The number of aliphatic hydroxyl groups is 7. The Morgan fingerprint density at radius 1 is 0.875 bits per heavy atom. The lowest BCUT2D eigenvalue weighted by Gasteiger charge is -2.39. The highest BCUT2D eigenvalue weighted by Gasteiger charge is 2.48. The second kappa shape index (κ2) is 8.29. The molecule has 0 radical (unpaired) electrons. The summed E-state index contributed by atoms with van der Waals surface area (Å²) in [6.07, 6.45) is -13.7. The van der Waals surface area contributed by atoms with Crippen molar-refractivity contribution in [1.29, 1.82) is 0 Å². The normalized spacial score (nSPS) is 47.8. The molecule has 0 aliphatic carbocycles. The van der Waals surface area contributed by atoms with Crippen molar-refractivity contribution in [2.24, 2.45) is 0 Å². The summed E-state index contributed by atoms with van der Waals surface area (Å²) in [5.41, 5.74) is 0. The maximum Gasteiger partial charge on any atom is 0.186 e. The van der Waals surface area contributed by atoms with Gasteiger partial charge in [-0.1, -0.05) is 0 Å². The number of methoxy groups -OCH3 is 1. The van der Waals surface area contributed by atoms with E-state index in [2.05, 4.69) is 0 Å². The zero-order valence-electron chi connectivity index (χ0n) is 13.0. The van der Waals surface area contributed by atoms with Crippen LogP contribution in [-0.4, -0.2) is 117 Å². The van der Waals surface area contributed by atoms with Crippen LogP contribution in [0.15, 0.2) is 0 Å². The standard InChI is InChI=1S/C13H24O11/c1-21-12-9(19)7(17)6(16)5(23-12)3-22-13-10(20)8(18)11(24-13)4(15)2-14/h4-20H,2-3H2,1H3/t4-,5-,6-,7+,8-,9+,10-,11+,12+,13-/m1/s1. The Hall–Kier alpha value is -0.440. The fraction of sp³-hybridized carbons (Fsp3) is 1.00. The highest BCUT2D eigenvalue weighted by Crippen LogP contribution is 2.27. The molecule has 142 valence electrons. The minimum absolute atomic E-state index is 0.360. The first-order valence-corrected chi connectivity index (χ1v) is 7.46. The number of ether oxygens (including phenoxy) is 4. The smallest absolute Gasteiger partial charge is 0.186 e.